The van der Waals surface area contributed by atoms with Gasteiger partial charge in [-0.2, -0.15) is 0 Å². The van der Waals surface area contributed by atoms with Crippen LogP contribution in [0, 0.1) is 0 Å². The van der Waals surface area contributed by atoms with E-state index in [2.05, 4.69) is 17.3 Å². The molecule has 3 nitrogen and oxygen atoms in total. The van der Waals surface area contributed by atoms with Crippen LogP contribution < -0.4 is 11.3 Å². The maximum atomic E-state index is 5.44. The first kappa shape index (κ1) is 10.2. The number of pyridine rings is 1. The van der Waals surface area contributed by atoms with Gasteiger partial charge in [-0.25, -0.2) is 0 Å². The molecular weight excluding hydrogens is 162 g/mol. The maximum Gasteiger partial charge on any atom is 0.0270 e. The Morgan fingerprint density at radius 3 is 2.69 bits per heavy atom. The fraction of sp³-hybridized carbons (Fsp3) is 0.500. The summed E-state index contributed by atoms with van der Waals surface area (Å²) in [5.41, 5.74) is 4.11. The van der Waals surface area contributed by atoms with Crippen molar-refractivity contribution in [1.82, 2.24) is 10.4 Å². The van der Waals surface area contributed by atoms with Gasteiger partial charge in [0, 0.05) is 18.4 Å². The summed E-state index contributed by atoms with van der Waals surface area (Å²) in [7, 11) is 0. The molecule has 0 aliphatic heterocycles. The van der Waals surface area contributed by atoms with E-state index in [0.717, 1.165) is 19.3 Å². The highest BCUT2D eigenvalue weighted by Gasteiger charge is 2.05. The number of nitrogens with two attached hydrogens (primary N) is 1. The van der Waals surface area contributed by atoms with Gasteiger partial charge in [-0.1, -0.05) is 13.3 Å². The molecule has 0 radical (unpaired) electrons. The van der Waals surface area contributed by atoms with Crippen LogP contribution in [0.5, 0.6) is 0 Å². The average molecular weight is 179 g/mol. The summed E-state index contributed by atoms with van der Waals surface area (Å²) < 4.78 is 0. The number of aromatic nitrogens is 1. The van der Waals surface area contributed by atoms with Gasteiger partial charge in [0.25, 0.3) is 0 Å². The lowest BCUT2D eigenvalue weighted by atomic mass is 10.0. The highest BCUT2D eigenvalue weighted by atomic mass is 15.2. The number of nitrogens with zero attached hydrogens (tertiary/aromatic N) is 1. The number of nitrogens with one attached hydrogen (secondary N) is 1. The first-order valence-electron chi connectivity index (χ1n) is 4.71. The minimum Gasteiger partial charge on any atom is -0.271 e. The second-order valence-corrected chi connectivity index (χ2v) is 3.21. The van der Waals surface area contributed by atoms with E-state index in [1.165, 1.54) is 5.56 Å². The minimum atomic E-state index is 0.382. The molecule has 0 saturated carbocycles. The Balaban J connectivity index is 2.46. The van der Waals surface area contributed by atoms with Crippen LogP contribution in [0.4, 0.5) is 0 Å². The van der Waals surface area contributed by atoms with Crippen LogP contribution in [0.2, 0.25) is 0 Å². The molecule has 3 N–H and O–H groups in total. The Morgan fingerprint density at radius 1 is 1.46 bits per heavy atom. The first-order valence-corrected chi connectivity index (χ1v) is 4.71. The number of hydrazine groups is 1. The van der Waals surface area contributed by atoms with Crippen molar-refractivity contribution in [2.45, 2.75) is 32.2 Å². The molecule has 1 atom stereocenters. The number of hydrogen-bond donors (Lipinski definition) is 2. The van der Waals surface area contributed by atoms with Crippen LogP contribution in [0.1, 0.15) is 25.3 Å². The van der Waals surface area contributed by atoms with Crippen LogP contribution in [-0.2, 0) is 6.42 Å². The summed E-state index contributed by atoms with van der Waals surface area (Å²) in [4.78, 5) is 3.97. The summed E-state index contributed by atoms with van der Waals surface area (Å²) in [6, 6.07) is 4.44. The van der Waals surface area contributed by atoms with E-state index in [9.17, 15) is 0 Å². The van der Waals surface area contributed by atoms with Crippen molar-refractivity contribution in [2.24, 2.45) is 5.84 Å². The predicted octanol–water partition coefficient (Wildman–Crippen LogP) is 1.26. The van der Waals surface area contributed by atoms with Crippen LogP contribution in [0.25, 0.3) is 0 Å². The summed E-state index contributed by atoms with van der Waals surface area (Å²) in [5, 5.41) is 0. The van der Waals surface area contributed by atoms with E-state index in [4.69, 9.17) is 5.84 Å². The largest absolute Gasteiger partial charge is 0.271 e. The Bertz CT molecular complexity index is 223. The Morgan fingerprint density at radius 2 is 2.15 bits per heavy atom. The third-order valence-corrected chi connectivity index (χ3v) is 2.10. The fourth-order valence-corrected chi connectivity index (χ4v) is 1.40. The second kappa shape index (κ2) is 5.67. The number of hydrogen-bond acceptors (Lipinski definition) is 3. The normalized spacial score (nSPS) is 12.8. The Kier molecular flexibility index (Phi) is 4.43. The van der Waals surface area contributed by atoms with Gasteiger partial charge in [-0.3, -0.25) is 16.3 Å². The Hall–Kier alpha value is -0.930. The van der Waals surface area contributed by atoms with E-state index in [1.807, 2.05) is 24.5 Å². The predicted molar refractivity (Wildman–Crippen MR) is 54.0 cm³/mol. The lowest BCUT2D eigenvalue weighted by molar-refractivity contribution is 0.486. The molecule has 0 fully saturated rings. The quantitative estimate of drug-likeness (QED) is 0.528. The molecule has 0 aliphatic carbocycles. The van der Waals surface area contributed by atoms with Gasteiger partial charge < -0.3 is 0 Å². The lowest BCUT2D eigenvalue weighted by Crippen LogP contribution is -2.36. The van der Waals surface area contributed by atoms with Gasteiger partial charge in [0.1, 0.15) is 0 Å². The van der Waals surface area contributed by atoms with Crippen molar-refractivity contribution in [3.8, 4) is 0 Å². The minimum absolute atomic E-state index is 0.382. The van der Waals surface area contributed by atoms with E-state index < -0.39 is 0 Å². The van der Waals surface area contributed by atoms with Gasteiger partial charge in [-0.05, 0) is 30.5 Å². The van der Waals surface area contributed by atoms with Gasteiger partial charge in [0.05, 0.1) is 0 Å². The summed E-state index contributed by atoms with van der Waals surface area (Å²) in [5.74, 6) is 5.44. The smallest absolute Gasteiger partial charge is 0.0270 e. The molecule has 1 rings (SSSR count). The van der Waals surface area contributed by atoms with Crippen molar-refractivity contribution in [3.63, 3.8) is 0 Å². The first-order chi connectivity index (χ1) is 6.36. The molecule has 1 aromatic rings. The molecule has 13 heavy (non-hydrogen) atoms. The topological polar surface area (TPSA) is 50.9 Å². The van der Waals surface area contributed by atoms with Crippen molar-refractivity contribution < 1.29 is 0 Å². The average Bonchev–Trinajstić information content (AvgIpc) is 2.19. The molecule has 0 aliphatic rings. The van der Waals surface area contributed by atoms with E-state index in [0.29, 0.717) is 6.04 Å². The third-order valence-electron chi connectivity index (χ3n) is 2.10. The standard InChI is InChI=1S/C10H17N3/c1-2-3-10(13-11)8-9-4-6-12-7-5-9/h4-7,10,13H,2-3,8,11H2,1H3. The molecule has 1 heterocycles. The molecule has 0 aromatic carbocycles. The monoisotopic (exact) mass is 179 g/mol. The third kappa shape index (κ3) is 3.53. The van der Waals surface area contributed by atoms with Crippen LogP contribution in [0.3, 0.4) is 0 Å². The SMILES string of the molecule is CCCC(Cc1ccncc1)NN. The van der Waals surface area contributed by atoms with E-state index >= 15 is 0 Å². The van der Waals surface area contributed by atoms with Gasteiger partial charge in [0.15, 0.2) is 0 Å². The van der Waals surface area contributed by atoms with Crippen molar-refractivity contribution in [2.75, 3.05) is 0 Å². The van der Waals surface area contributed by atoms with Gasteiger partial charge in [0.2, 0.25) is 0 Å². The molecule has 1 aromatic heterocycles. The maximum absolute atomic E-state index is 5.44. The zero-order valence-electron chi connectivity index (χ0n) is 8.03. The highest BCUT2D eigenvalue weighted by molar-refractivity contribution is 5.11. The molecule has 0 amide bonds. The van der Waals surface area contributed by atoms with Crippen LogP contribution in [0.15, 0.2) is 24.5 Å². The highest BCUT2D eigenvalue weighted by Crippen LogP contribution is 2.05. The van der Waals surface area contributed by atoms with Crippen LogP contribution >= 0.6 is 0 Å². The van der Waals surface area contributed by atoms with Gasteiger partial charge >= 0.3 is 0 Å². The zero-order chi connectivity index (χ0) is 9.52. The zero-order valence-corrected chi connectivity index (χ0v) is 8.03. The van der Waals surface area contributed by atoms with E-state index in [1.54, 1.807) is 0 Å². The molecule has 1 unspecified atom stereocenters. The van der Waals surface area contributed by atoms with Crippen molar-refractivity contribution >= 4 is 0 Å². The summed E-state index contributed by atoms with van der Waals surface area (Å²) in [6.07, 6.45) is 6.87. The lowest BCUT2D eigenvalue weighted by Gasteiger charge is -2.14. The van der Waals surface area contributed by atoms with Crippen molar-refractivity contribution in [1.29, 1.82) is 0 Å². The van der Waals surface area contributed by atoms with Crippen LogP contribution in [-0.4, -0.2) is 11.0 Å². The molecule has 72 valence electrons. The Labute approximate surface area is 79.3 Å². The van der Waals surface area contributed by atoms with E-state index in [-0.39, 0.29) is 0 Å². The fourth-order valence-electron chi connectivity index (χ4n) is 1.40. The molecule has 0 spiro atoms. The summed E-state index contributed by atoms with van der Waals surface area (Å²) in [6.45, 7) is 2.16. The van der Waals surface area contributed by atoms with Gasteiger partial charge in [-0.15, -0.1) is 0 Å². The van der Waals surface area contributed by atoms with Crippen molar-refractivity contribution in [3.05, 3.63) is 30.1 Å². The molecular formula is C10H17N3. The second-order valence-electron chi connectivity index (χ2n) is 3.21. The molecule has 3 heteroatoms. The summed E-state index contributed by atoms with van der Waals surface area (Å²) >= 11 is 0. The molecule has 0 saturated heterocycles. The molecule has 0 bridgehead atoms. The number of rotatable bonds is 5.